The molecule has 1 amide bonds. The topological polar surface area (TPSA) is 90.7 Å². The monoisotopic (exact) mass is 382 g/mol. The number of hydrogen-bond donors (Lipinski definition) is 1. The average molecular weight is 382 g/mol. The molecule has 2 aromatic rings. The van der Waals surface area contributed by atoms with Gasteiger partial charge in [0.15, 0.2) is 11.5 Å². The highest BCUT2D eigenvalue weighted by Gasteiger charge is 2.41. The number of carbonyl (C=O) groups is 1. The van der Waals surface area contributed by atoms with Crippen molar-refractivity contribution >= 4 is 11.6 Å². The number of rotatable bonds is 5. The van der Waals surface area contributed by atoms with Crippen LogP contribution in [0.15, 0.2) is 42.5 Å². The van der Waals surface area contributed by atoms with Crippen molar-refractivity contribution in [1.82, 2.24) is 5.32 Å². The van der Waals surface area contributed by atoms with E-state index in [0.29, 0.717) is 18.0 Å². The van der Waals surface area contributed by atoms with E-state index in [2.05, 4.69) is 5.32 Å². The van der Waals surface area contributed by atoms with Crippen LogP contribution in [0.2, 0.25) is 0 Å². The van der Waals surface area contributed by atoms with Crippen LogP contribution in [0.4, 0.5) is 5.69 Å². The second kappa shape index (κ2) is 7.50. The standard InChI is InChI=1S/C21H22N2O5/c24-20(22-13-15-4-7-17(8-5-15)23(25)26)21(10-2-1-3-11-21)16-6-9-18-19(12-16)28-14-27-18/h4-9,12H,1-3,10-11,13-14H2,(H,22,24). The molecule has 0 atom stereocenters. The van der Waals surface area contributed by atoms with Crippen molar-refractivity contribution in [3.05, 3.63) is 63.7 Å². The third kappa shape index (κ3) is 3.40. The molecule has 1 N–H and O–H groups in total. The molecule has 2 aromatic carbocycles. The predicted octanol–water partition coefficient (Wildman–Crippen LogP) is 3.84. The number of nitrogens with zero attached hydrogens (tertiary/aromatic N) is 1. The second-order valence-corrected chi connectivity index (χ2v) is 7.32. The molecule has 0 bridgehead atoms. The Balaban J connectivity index is 1.53. The van der Waals surface area contributed by atoms with Crippen LogP contribution < -0.4 is 14.8 Å². The Bertz CT molecular complexity index is 888. The van der Waals surface area contributed by atoms with Crippen LogP contribution in [0.25, 0.3) is 0 Å². The molecule has 28 heavy (non-hydrogen) atoms. The zero-order valence-electron chi connectivity index (χ0n) is 15.5. The maximum absolute atomic E-state index is 13.3. The zero-order valence-corrected chi connectivity index (χ0v) is 15.5. The lowest BCUT2D eigenvalue weighted by Gasteiger charge is -2.36. The van der Waals surface area contributed by atoms with E-state index in [4.69, 9.17) is 9.47 Å². The van der Waals surface area contributed by atoms with Crippen molar-refractivity contribution in [2.45, 2.75) is 44.1 Å². The summed E-state index contributed by atoms with van der Waals surface area (Å²) in [5.41, 5.74) is 1.24. The van der Waals surface area contributed by atoms with Crippen LogP contribution >= 0.6 is 0 Å². The molecule has 146 valence electrons. The number of nitrogens with one attached hydrogen (secondary N) is 1. The van der Waals surface area contributed by atoms with Crippen molar-refractivity contribution in [2.75, 3.05) is 6.79 Å². The summed E-state index contributed by atoms with van der Waals surface area (Å²) < 4.78 is 10.9. The third-order valence-electron chi connectivity index (χ3n) is 5.67. The Morgan fingerprint density at radius 2 is 1.75 bits per heavy atom. The van der Waals surface area contributed by atoms with Gasteiger partial charge in [-0.15, -0.1) is 0 Å². The summed E-state index contributed by atoms with van der Waals surface area (Å²) in [5.74, 6) is 1.39. The minimum absolute atomic E-state index is 0.00980. The molecule has 0 radical (unpaired) electrons. The van der Waals surface area contributed by atoms with Gasteiger partial charge in [0.05, 0.1) is 10.3 Å². The van der Waals surface area contributed by atoms with E-state index >= 15 is 0 Å². The van der Waals surface area contributed by atoms with Crippen molar-refractivity contribution in [3.8, 4) is 11.5 Å². The fourth-order valence-corrected chi connectivity index (χ4v) is 4.08. The molecule has 0 saturated heterocycles. The Hall–Kier alpha value is -3.09. The summed E-state index contributed by atoms with van der Waals surface area (Å²) in [5, 5.41) is 13.8. The first-order valence-corrected chi connectivity index (χ1v) is 9.50. The fourth-order valence-electron chi connectivity index (χ4n) is 4.08. The van der Waals surface area contributed by atoms with Gasteiger partial charge in [-0.3, -0.25) is 14.9 Å². The third-order valence-corrected chi connectivity index (χ3v) is 5.67. The Kier molecular flexibility index (Phi) is 4.90. The molecule has 7 heteroatoms. The molecule has 0 unspecified atom stereocenters. The van der Waals surface area contributed by atoms with Crippen molar-refractivity contribution in [1.29, 1.82) is 0 Å². The lowest BCUT2D eigenvalue weighted by molar-refractivity contribution is -0.384. The number of fused-ring (bicyclic) bond motifs is 1. The van der Waals surface area contributed by atoms with E-state index < -0.39 is 10.3 Å². The average Bonchev–Trinajstić information content (AvgIpc) is 3.20. The van der Waals surface area contributed by atoms with Crippen LogP contribution in [0.3, 0.4) is 0 Å². The molecular weight excluding hydrogens is 360 g/mol. The van der Waals surface area contributed by atoms with Gasteiger partial charge in [0.2, 0.25) is 12.7 Å². The number of ether oxygens (including phenoxy) is 2. The maximum atomic E-state index is 13.3. The Morgan fingerprint density at radius 3 is 2.46 bits per heavy atom. The van der Waals surface area contributed by atoms with Gasteiger partial charge < -0.3 is 14.8 Å². The van der Waals surface area contributed by atoms with E-state index in [9.17, 15) is 14.9 Å². The van der Waals surface area contributed by atoms with Gasteiger partial charge >= 0.3 is 0 Å². The first-order chi connectivity index (χ1) is 13.6. The quantitative estimate of drug-likeness (QED) is 0.627. The van der Waals surface area contributed by atoms with Gasteiger partial charge in [-0.25, -0.2) is 0 Å². The van der Waals surface area contributed by atoms with Crippen molar-refractivity contribution < 1.29 is 19.2 Å². The summed E-state index contributed by atoms with van der Waals surface area (Å²) >= 11 is 0. The van der Waals surface area contributed by atoms with Crippen LogP contribution in [0.5, 0.6) is 11.5 Å². The van der Waals surface area contributed by atoms with E-state index in [-0.39, 0.29) is 18.4 Å². The van der Waals surface area contributed by atoms with Gasteiger partial charge in [-0.05, 0) is 36.1 Å². The summed E-state index contributed by atoms with van der Waals surface area (Å²) in [7, 11) is 0. The number of nitro benzene ring substituents is 1. The summed E-state index contributed by atoms with van der Waals surface area (Å²) in [4.78, 5) is 23.6. The Labute approximate surface area is 162 Å². The smallest absolute Gasteiger partial charge is 0.269 e. The summed E-state index contributed by atoms with van der Waals surface area (Å²) in [6.45, 7) is 0.543. The SMILES string of the molecule is O=C(NCc1ccc([N+](=O)[O-])cc1)C1(c2ccc3c(c2)OCO3)CCCCC1. The normalized spacial score (nSPS) is 17.1. The molecule has 4 rings (SSSR count). The molecule has 0 aromatic heterocycles. The second-order valence-electron chi connectivity index (χ2n) is 7.32. The number of carbonyl (C=O) groups excluding carboxylic acids is 1. The van der Waals surface area contributed by atoms with Gasteiger partial charge in [0, 0.05) is 18.7 Å². The molecule has 2 aliphatic rings. The summed E-state index contributed by atoms with van der Waals surface area (Å²) in [6.07, 6.45) is 4.71. The molecular formula is C21H22N2O5. The minimum Gasteiger partial charge on any atom is -0.454 e. The first-order valence-electron chi connectivity index (χ1n) is 9.50. The molecule has 7 nitrogen and oxygen atoms in total. The molecule has 1 aliphatic carbocycles. The summed E-state index contributed by atoms with van der Waals surface area (Å²) in [6, 6.07) is 12.0. The van der Waals surface area contributed by atoms with E-state index in [1.165, 1.54) is 12.1 Å². The number of amides is 1. The maximum Gasteiger partial charge on any atom is 0.269 e. The van der Waals surface area contributed by atoms with Crippen LogP contribution in [0.1, 0.15) is 43.2 Å². The van der Waals surface area contributed by atoms with Gasteiger partial charge in [0.25, 0.3) is 5.69 Å². The highest BCUT2D eigenvalue weighted by Crippen LogP contribution is 2.43. The molecule has 1 heterocycles. The number of non-ortho nitro benzene ring substituents is 1. The molecule has 1 saturated carbocycles. The number of benzene rings is 2. The fraction of sp³-hybridized carbons (Fsp3) is 0.381. The lowest BCUT2D eigenvalue weighted by atomic mass is 9.68. The Morgan fingerprint density at radius 1 is 1.04 bits per heavy atom. The first kappa shape index (κ1) is 18.3. The van der Waals surface area contributed by atoms with Gasteiger partial charge in [0.1, 0.15) is 0 Å². The largest absolute Gasteiger partial charge is 0.454 e. The lowest BCUT2D eigenvalue weighted by Crippen LogP contribution is -2.45. The molecule has 0 spiro atoms. The number of hydrogen-bond acceptors (Lipinski definition) is 5. The molecule has 1 fully saturated rings. The van der Waals surface area contributed by atoms with Gasteiger partial charge in [-0.1, -0.05) is 37.5 Å². The molecule has 1 aliphatic heterocycles. The highest BCUT2D eigenvalue weighted by atomic mass is 16.7. The van der Waals surface area contributed by atoms with Crippen molar-refractivity contribution in [3.63, 3.8) is 0 Å². The van der Waals surface area contributed by atoms with E-state index in [1.54, 1.807) is 12.1 Å². The van der Waals surface area contributed by atoms with Crippen LogP contribution in [-0.4, -0.2) is 17.6 Å². The van der Waals surface area contributed by atoms with E-state index in [0.717, 1.165) is 43.2 Å². The predicted molar refractivity (Wildman–Crippen MR) is 102 cm³/mol. The van der Waals surface area contributed by atoms with Crippen LogP contribution in [0, 0.1) is 10.1 Å². The minimum atomic E-state index is -0.583. The highest BCUT2D eigenvalue weighted by molar-refractivity contribution is 5.88. The number of nitro groups is 1. The van der Waals surface area contributed by atoms with Crippen molar-refractivity contribution in [2.24, 2.45) is 0 Å². The van der Waals surface area contributed by atoms with Crippen LogP contribution in [-0.2, 0) is 16.8 Å². The van der Waals surface area contributed by atoms with Gasteiger partial charge in [-0.2, -0.15) is 0 Å². The zero-order chi connectivity index (χ0) is 19.6. The van der Waals surface area contributed by atoms with E-state index in [1.807, 2.05) is 18.2 Å².